The highest BCUT2D eigenvalue weighted by atomic mass is 19.1. The average Bonchev–Trinajstić information content (AvgIpc) is 3.20. The molecule has 33 heavy (non-hydrogen) atoms. The van der Waals surface area contributed by atoms with Gasteiger partial charge >= 0.3 is 5.97 Å². The summed E-state index contributed by atoms with van der Waals surface area (Å²) in [7, 11) is 0. The maximum absolute atomic E-state index is 13.4. The number of esters is 1. The summed E-state index contributed by atoms with van der Waals surface area (Å²) < 4.78 is 33.6. The number of benzene rings is 2. The molecule has 2 atom stereocenters. The summed E-state index contributed by atoms with van der Waals surface area (Å²) in [5, 5.41) is 7.24. The van der Waals surface area contributed by atoms with Crippen LogP contribution in [0.5, 0.6) is 0 Å². The van der Waals surface area contributed by atoms with Crippen LogP contribution in [0.1, 0.15) is 60.0 Å². The van der Waals surface area contributed by atoms with Crippen molar-refractivity contribution in [2.75, 3.05) is 0 Å². The first kappa shape index (κ1) is 22.6. The molecule has 0 fully saturated rings. The van der Waals surface area contributed by atoms with Crippen molar-refractivity contribution in [2.24, 2.45) is 0 Å². The Labute approximate surface area is 190 Å². The minimum Gasteiger partial charge on any atom is -0.448 e. The van der Waals surface area contributed by atoms with Crippen LogP contribution in [0.4, 0.5) is 8.78 Å². The Kier molecular flexibility index (Phi) is 6.53. The normalized spacial score (nSPS) is 14.8. The first-order valence-electron chi connectivity index (χ1n) is 11.0. The first-order chi connectivity index (χ1) is 15.8. The number of carbonyl (C=O) groups excluding carboxylic acids is 2. The van der Waals surface area contributed by atoms with Crippen LogP contribution in [-0.2, 0) is 22.4 Å². The van der Waals surface area contributed by atoms with E-state index in [0.29, 0.717) is 12.1 Å². The Bertz CT molecular complexity index is 1160. The van der Waals surface area contributed by atoms with E-state index < -0.39 is 18.0 Å². The summed E-state index contributed by atoms with van der Waals surface area (Å²) in [6, 6.07) is 11.3. The number of fused-ring (bicyclic) bond motifs is 1. The van der Waals surface area contributed by atoms with Gasteiger partial charge in [-0.25, -0.2) is 18.3 Å². The molecule has 1 aliphatic rings. The lowest BCUT2D eigenvalue weighted by Gasteiger charge is -2.18. The second-order valence-corrected chi connectivity index (χ2v) is 8.20. The standard InChI is InChI=1S/C25H25F2N3O3/c1-15(17-7-9-18(26)10-8-17)28-24(31)16(2)33-25(32)23-21-5-3-4-6-22(21)30(29-23)20-13-11-19(27)12-14-20/h7-16H,3-6H2,1-2H3,(H,28,31)/t15-,16+/m1/s1. The Balaban J connectivity index is 1.49. The molecule has 6 nitrogen and oxygen atoms in total. The van der Waals surface area contributed by atoms with Crippen LogP contribution in [0.25, 0.3) is 5.69 Å². The number of halogens is 2. The molecule has 8 heteroatoms. The number of nitrogens with one attached hydrogen (secondary N) is 1. The van der Waals surface area contributed by atoms with Crippen LogP contribution in [0.2, 0.25) is 0 Å². The van der Waals surface area contributed by atoms with E-state index in [4.69, 9.17) is 4.74 Å². The predicted octanol–water partition coefficient (Wildman–Crippen LogP) is 4.45. The SMILES string of the molecule is C[C@H](OC(=O)c1nn(-c2ccc(F)cc2)c2c1CCCC2)C(=O)N[C@H](C)c1ccc(F)cc1. The molecular weight excluding hydrogens is 428 g/mol. The molecule has 1 aromatic heterocycles. The summed E-state index contributed by atoms with van der Waals surface area (Å²) >= 11 is 0. The lowest BCUT2D eigenvalue weighted by molar-refractivity contribution is -0.129. The highest BCUT2D eigenvalue weighted by Crippen LogP contribution is 2.28. The highest BCUT2D eigenvalue weighted by molar-refractivity contribution is 5.92. The van der Waals surface area contributed by atoms with Crippen LogP contribution in [-0.4, -0.2) is 27.8 Å². The number of aromatic nitrogens is 2. The maximum atomic E-state index is 13.4. The van der Waals surface area contributed by atoms with E-state index in [2.05, 4.69) is 10.4 Å². The molecule has 0 aliphatic heterocycles. The van der Waals surface area contributed by atoms with Crippen molar-refractivity contribution in [1.29, 1.82) is 0 Å². The molecule has 1 amide bonds. The fourth-order valence-electron chi connectivity index (χ4n) is 3.99. The second-order valence-electron chi connectivity index (χ2n) is 8.20. The summed E-state index contributed by atoms with van der Waals surface area (Å²) in [5.41, 5.74) is 3.29. The lowest BCUT2D eigenvalue weighted by Crippen LogP contribution is -2.37. The van der Waals surface area contributed by atoms with Gasteiger partial charge in [0, 0.05) is 11.3 Å². The Morgan fingerprint density at radius 2 is 1.58 bits per heavy atom. The Morgan fingerprint density at radius 1 is 0.970 bits per heavy atom. The van der Waals surface area contributed by atoms with Crippen molar-refractivity contribution in [2.45, 2.75) is 51.7 Å². The Hall–Kier alpha value is -3.55. The molecule has 3 aromatic rings. The largest absolute Gasteiger partial charge is 0.448 e. The molecular formula is C25H25F2N3O3. The second kappa shape index (κ2) is 9.52. The molecule has 1 heterocycles. The number of hydrogen-bond acceptors (Lipinski definition) is 4. The van der Waals surface area contributed by atoms with E-state index in [1.54, 1.807) is 35.9 Å². The van der Waals surface area contributed by atoms with Gasteiger partial charge in [-0.05, 0) is 81.5 Å². The molecule has 172 valence electrons. The quantitative estimate of drug-likeness (QED) is 0.560. The third-order valence-electron chi connectivity index (χ3n) is 5.83. The van der Waals surface area contributed by atoms with E-state index in [-0.39, 0.29) is 23.4 Å². The molecule has 4 rings (SSSR count). The summed E-state index contributed by atoms with van der Waals surface area (Å²) in [5.74, 6) is -1.85. The minimum atomic E-state index is -1.05. The van der Waals surface area contributed by atoms with Crippen LogP contribution in [0.3, 0.4) is 0 Å². The van der Waals surface area contributed by atoms with Crippen LogP contribution in [0, 0.1) is 11.6 Å². The number of ether oxygens (including phenoxy) is 1. The monoisotopic (exact) mass is 453 g/mol. The fourth-order valence-corrected chi connectivity index (χ4v) is 3.99. The molecule has 0 unspecified atom stereocenters. The van der Waals surface area contributed by atoms with Gasteiger partial charge in [0.05, 0.1) is 11.7 Å². The topological polar surface area (TPSA) is 73.2 Å². The summed E-state index contributed by atoms with van der Waals surface area (Å²) in [4.78, 5) is 25.5. The molecule has 0 bridgehead atoms. The number of amides is 1. The van der Waals surface area contributed by atoms with Gasteiger partial charge in [-0.1, -0.05) is 12.1 Å². The predicted molar refractivity (Wildman–Crippen MR) is 118 cm³/mol. The zero-order chi connectivity index (χ0) is 23.5. The molecule has 0 saturated heterocycles. The molecule has 0 saturated carbocycles. The van der Waals surface area contributed by atoms with Crippen LogP contribution in [0.15, 0.2) is 48.5 Å². The summed E-state index contributed by atoms with van der Waals surface area (Å²) in [6.07, 6.45) is 2.28. The molecule has 1 N–H and O–H groups in total. The van der Waals surface area contributed by atoms with Gasteiger partial charge in [0.1, 0.15) is 11.6 Å². The number of hydrogen-bond donors (Lipinski definition) is 1. The van der Waals surface area contributed by atoms with Gasteiger partial charge in [0.2, 0.25) is 0 Å². The number of carbonyl (C=O) groups is 2. The fraction of sp³-hybridized carbons (Fsp3) is 0.320. The zero-order valence-corrected chi connectivity index (χ0v) is 18.5. The van der Waals surface area contributed by atoms with Gasteiger partial charge in [-0.3, -0.25) is 4.79 Å². The van der Waals surface area contributed by atoms with Crippen molar-refractivity contribution >= 4 is 11.9 Å². The lowest BCUT2D eigenvalue weighted by atomic mass is 9.95. The third kappa shape index (κ3) is 4.94. The van der Waals surface area contributed by atoms with Crippen LogP contribution < -0.4 is 5.32 Å². The highest BCUT2D eigenvalue weighted by Gasteiger charge is 2.29. The van der Waals surface area contributed by atoms with E-state index in [1.807, 2.05) is 0 Å². The van der Waals surface area contributed by atoms with E-state index >= 15 is 0 Å². The van der Waals surface area contributed by atoms with Gasteiger partial charge in [-0.15, -0.1) is 0 Å². The summed E-state index contributed by atoms with van der Waals surface area (Å²) in [6.45, 7) is 3.26. The molecule has 2 aromatic carbocycles. The van der Waals surface area contributed by atoms with Crippen molar-refractivity contribution in [3.8, 4) is 5.69 Å². The number of rotatable bonds is 6. The Morgan fingerprint density at radius 3 is 2.24 bits per heavy atom. The van der Waals surface area contributed by atoms with Gasteiger partial charge in [-0.2, -0.15) is 5.10 Å². The molecule has 1 aliphatic carbocycles. The molecule has 0 radical (unpaired) electrons. The van der Waals surface area contributed by atoms with Crippen molar-refractivity contribution in [1.82, 2.24) is 15.1 Å². The number of nitrogens with zero attached hydrogens (tertiary/aromatic N) is 2. The van der Waals surface area contributed by atoms with Crippen LogP contribution >= 0.6 is 0 Å². The maximum Gasteiger partial charge on any atom is 0.359 e. The average molecular weight is 453 g/mol. The van der Waals surface area contributed by atoms with Gasteiger partial charge in [0.15, 0.2) is 11.8 Å². The van der Waals surface area contributed by atoms with E-state index in [0.717, 1.165) is 36.1 Å². The van der Waals surface area contributed by atoms with Crippen molar-refractivity contribution < 1.29 is 23.1 Å². The van der Waals surface area contributed by atoms with E-state index in [1.165, 1.54) is 31.2 Å². The smallest absolute Gasteiger partial charge is 0.359 e. The first-order valence-corrected chi connectivity index (χ1v) is 11.0. The van der Waals surface area contributed by atoms with Gasteiger partial charge in [0.25, 0.3) is 5.91 Å². The minimum absolute atomic E-state index is 0.181. The van der Waals surface area contributed by atoms with E-state index in [9.17, 15) is 18.4 Å². The van der Waals surface area contributed by atoms with Crippen molar-refractivity contribution in [3.63, 3.8) is 0 Å². The zero-order valence-electron chi connectivity index (χ0n) is 18.5. The van der Waals surface area contributed by atoms with Crippen molar-refractivity contribution in [3.05, 3.63) is 82.7 Å². The van der Waals surface area contributed by atoms with Gasteiger partial charge < -0.3 is 10.1 Å². The molecule has 0 spiro atoms. The third-order valence-corrected chi connectivity index (χ3v) is 5.83.